The number of benzene rings is 2. The van der Waals surface area contributed by atoms with Crippen LogP contribution in [0.5, 0.6) is 0 Å². The van der Waals surface area contributed by atoms with E-state index in [9.17, 15) is 10.1 Å². The van der Waals surface area contributed by atoms with E-state index in [1.165, 1.54) is 11.8 Å². The third-order valence-electron chi connectivity index (χ3n) is 4.13. The fourth-order valence-corrected chi connectivity index (χ4v) is 3.62. The summed E-state index contributed by atoms with van der Waals surface area (Å²) in [6, 6.07) is 20.7. The van der Waals surface area contributed by atoms with E-state index in [1.807, 2.05) is 62.4 Å². The maximum Gasteiger partial charge on any atom is 0.173 e. The molecule has 138 valence electrons. The molecule has 5 nitrogen and oxygen atoms in total. The number of aromatic nitrogens is 1. The van der Waals surface area contributed by atoms with Gasteiger partial charge in [0.15, 0.2) is 5.78 Å². The lowest BCUT2D eigenvalue weighted by atomic mass is 10.1. The number of ketones is 1. The van der Waals surface area contributed by atoms with Crippen molar-refractivity contribution in [1.82, 2.24) is 4.98 Å². The van der Waals surface area contributed by atoms with Crippen molar-refractivity contribution < 1.29 is 4.79 Å². The van der Waals surface area contributed by atoms with Crippen molar-refractivity contribution in [3.05, 3.63) is 83.0 Å². The highest BCUT2D eigenvalue weighted by atomic mass is 32.2. The molecule has 0 aliphatic rings. The van der Waals surface area contributed by atoms with Crippen molar-refractivity contribution in [1.29, 1.82) is 5.26 Å². The topological polar surface area (TPSA) is 78.5 Å². The number of carbonyl (C=O) groups excluding carboxylic acids is 1. The van der Waals surface area contributed by atoms with Gasteiger partial charge in [-0.2, -0.15) is 10.4 Å². The molecule has 0 N–H and O–H groups in total. The Morgan fingerprint density at radius 1 is 1.04 bits per heavy atom. The molecule has 0 saturated heterocycles. The van der Waals surface area contributed by atoms with E-state index in [1.54, 1.807) is 12.1 Å². The summed E-state index contributed by atoms with van der Waals surface area (Å²) < 4.78 is 0. The molecule has 0 aliphatic heterocycles. The van der Waals surface area contributed by atoms with Gasteiger partial charge in [-0.05, 0) is 31.5 Å². The average molecular weight is 386 g/mol. The number of hydrogen-bond acceptors (Lipinski definition) is 6. The van der Waals surface area contributed by atoms with Crippen LogP contribution >= 0.6 is 11.8 Å². The van der Waals surface area contributed by atoms with Crippen LogP contribution in [0.2, 0.25) is 0 Å². The SMILES string of the molecule is Cc1nc(SCC(=O)c2ccccc2)c(C#N)c(C)c1N=Nc1ccccc1. The van der Waals surface area contributed by atoms with Crippen LogP contribution in [-0.2, 0) is 0 Å². The Balaban J connectivity index is 1.85. The van der Waals surface area contributed by atoms with Crippen molar-refractivity contribution in [2.45, 2.75) is 18.9 Å². The summed E-state index contributed by atoms with van der Waals surface area (Å²) in [5, 5.41) is 18.7. The van der Waals surface area contributed by atoms with Crippen LogP contribution in [-0.4, -0.2) is 16.5 Å². The van der Waals surface area contributed by atoms with Crippen molar-refractivity contribution >= 4 is 28.9 Å². The van der Waals surface area contributed by atoms with E-state index in [2.05, 4.69) is 21.3 Å². The smallest absolute Gasteiger partial charge is 0.173 e. The summed E-state index contributed by atoms with van der Waals surface area (Å²) in [5.74, 6) is 0.217. The average Bonchev–Trinajstić information content (AvgIpc) is 2.73. The second kappa shape index (κ2) is 9.07. The third-order valence-corrected chi connectivity index (χ3v) is 5.10. The maximum absolute atomic E-state index is 12.3. The van der Waals surface area contributed by atoms with E-state index in [-0.39, 0.29) is 11.5 Å². The minimum absolute atomic E-state index is 0.000521. The van der Waals surface area contributed by atoms with Crippen LogP contribution in [0.1, 0.15) is 27.2 Å². The first kappa shape index (κ1) is 19.5. The largest absolute Gasteiger partial charge is 0.293 e. The molecule has 0 atom stereocenters. The number of hydrogen-bond donors (Lipinski definition) is 0. The summed E-state index contributed by atoms with van der Waals surface area (Å²) in [4.78, 5) is 16.9. The normalized spacial score (nSPS) is 10.8. The Labute approximate surface area is 168 Å². The van der Waals surface area contributed by atoms with Crippen LogP contribution in [0.4, 0.5) is 11.4 Å². The molecule has 0 saturated carbocycles. The highest BCUT2D eigenvalue weighted by Gasteiger charge is 2.17. The van der Waals surface area contributed by atoms with Gasteiger partial charge in [0.2, 0.25) is 0 Å². The zero-order valence-corrected chi connectivity index (χ0v) is 16.4. The first-order valence-electron chi connectivity index (χ1n) is 8.69. The molecule has 0 amide bonds. The van der Waals surface area contributed by atoms with E-state index in [0.717, 1.165) is 5.69 Å². The summed E-state index contributed by atoms with van der Waals surface area (Å²) in [6.07, 6.45) is 0. The van der Waals surface area contributed by atoms with E-state index in [0.29, 0.717) is 33.1 Å². The molecule has 3 aromatic rings. The maximum atomic E-state index is 12.3. The van der Waals surface area contributed by atoms with E-state index < -0.39 is 0 Å². The fourth-order valence-electron chi connectivity index (χ4n) is 2.64. The summed E-state index contributed by atoms with van der Waals surface area (Å²) in [6.45, 7) is 3.66. The molecule has 6 heteroatoms. The zero-order valence-electron chi connectivity index (χ0n) is 15.6. The Kier molecular flexibility index (Phi) is 6.30. The van der Waals surface area contributed by atoms with E-state index in [4.69, 9.17) is 0 Å². The van der Waals surface area contributed by atoms with Crippen molar-refractivity contribution in [2.75, 3.05) is 5.75 Å². The predicted octanol–water partition coefficient (Wildman–Crippen LogP) is 5.96. The standard InChI is InChI=1S/C22H18N4OS/c1-15-19(13-23)22(28-14-20(27)17-9-5-3-6-10-17)24-16(2)21(15)26-25-18-11-7-4-8-12-18/h3-12H,14H2,1-2H3. The number of thioether (sulfide) groups is 1. The van der Waals surface area contributed by atoms with Crippen LogP contribution in [0.25, 0.3) is 0 Å². The molecule has 0 fully saturated rings. The fraction of sp³-hybridized carbons (Fsp3) is 0.136. The molecular formula is C22H18N4OS. The number of rotatable bonds is 6. The van der Waals surface area contributed by atoms with Crippen LogP contribution < -0.4 is 0 Å². The third kappa shape index (κ3) is 4.51. The molecule has 3 rings (SSSR count). The predicted molar refractivity (Wildman–Crippen MR) is 111 cm³/mol. The number of azo groups is 1. The number of aryl methyl sites for hydroxylation is 1. The first-order chi connectivity index (χ1) is 13.6. The van der Waals surface area contributed by atoms with Crippen LogP contribution in [0.3, 0.4) is 0 Å². The molecule has 28 heavy (non-hydrogen) atoms. The van der Waals surface area contributed by atoms with Gasteiger partial charge in [0.1, 0.15) is 16.8 Å². The number of Topliss-reactive ketones (excluding diaryl/α,β-unsaturated/α-hetero) is 1. The molecule has 0 aliphatic carbocycles. The lowest BCUT2D eigenvalue weighted by Gasteiger charge is -2.10. The Morgan fingerprint density at radius 2 is 1.68 bits per heavy atom. The van der Waals surface area contributed by atoms with Crippen LogP contribution in [0, 0.1) is 25.2 Å². The number of carbonyl (C=O) groups is 1. The Hall–Kier alpha value is -3.30. The van der Waals surface area contributed by atoms with Crippen molar-refractivity contribution in [2.24, 2.45) is 10.2 Å². The minimum atomic E-state index is -0.000521. The number of nitriles is 1. The monoisotopic (exact) mass is 386 g/mol. The van der Waals surface area contributed by atoms with Gasteiger partial charge in [-0.3, -0.25) is 4.79 Å². The molecule has 1 heterocycles. The second-order valence-electron chi connectivity index (χ2n) is 6.08. The summed E-state index contributed by atoms with van der Waals surface area (Å²) in [7, 11) is 0. The number of pyridine rings is 1. The van der Waals surface area contributed by atoms with Gasteiger partial charge < -0.3 is 0 Å². The molecule has 0 spiro atoms. The highest BCUT2D eigenvalue weighted by molar-refractivity contribution is 8.00. The van der Waals surface area contributed by atoms with E-state index >= 15 is 0 Å². The van der Waals surface area contributed by atoms with Crippen molar-refractivity contribution in [3.63, 3.8) is 0 Å². The molecule has 1 aromatic heterocycles. The highest BCUT2D eigenvalue weighted by Crippen LogP contribution is 2.33. The van der Waals surface area contributed by atoms with Gasteiger partial charge in [-0.15, -0.1) is 5.11 Å². The second-order valence-corrected chi connectivity index (χ2v) is 7.04. The lowest BCUT2D eigenvalue weighted by Crippen LogP contribution is -2.04. The molecule has 2 aromatic carbocycles. The van der Waals surface area contributed by atoms with Gasteiger partial charge in [-0.1, -0.05) is 60.3 Å². The first-order valence-corrected chi connectivity index (χ1v) is 9.68. The van der Waals surface area contributed by atoms with Gasteiger partial charge in [0.05, 0.1) is 22.7 Å². The summed E-state index contributed by atoms with van der Waals surface area (Å²) in [5.41, 5.74) is 3.77. The molecular weight excluding hydrogens is 368 g/mol. The Morgan fingerprint density at radius 3 is 2.32 bits per heavy atom. The molecule has 0 bridgehead atoms. The molecule has 0 radical (unpaired) electrons. The van der Waals surface area contributed by atoms with Crippen molar-refractivity contribution in [3.8, 4) is 6.07 Å². The van der Waals surface area contributed by atoms with Gasteiger partial charge in [0, 0.05) is 5.56 Å². The molecule has 0 unspecified atom stereocenters. The van der Waals surface area contributed by atoms with Gasteiger partial charge >= 0.3 is 0 Å². The number of nitrogens with zero attached hydrogens (tertiary/aromatic N) is 4. The summed E-state index contributed by atoms with van der Waals surface area (Å²) >= 11 is 1.27. The quantitative estimate of drug-likeness (QED) is 0.297. The van der Waals surface area contributed by atoms with Gasteiger partial charge in [-0.25, -0.2) is 4.98 Å². The minimum Gasteiger partial charge on any atom is -0.293 e. The van der Waals surface area contributed by atoms with Gasteiger partial charge in [0.25, 0.3) is 0 Å². The lowest BCUT2D eigenvalue weighted by molar-refractivity contribution is 0.102. The van der Waals surface area contributed by atoms with Crippen LogP contribution in [0.15, 0.2) is 75.9 Å². The Bertz CT molecular complexity index is 1060. The zero-order chi connectivity index (χ0) is 19.9.